The van der Waals surface area contributed by atoms with E-state index < -0.39 is 0 Å². The van der Waals surface area contributed by atoms with Crippen molar-refractivity contribution in [1.82, 2.24) is 14.5 Å². The Kier molecular flexibility index (Phi) is 4.88. The lowest BCUT2D eigenvalue weighted by Gasteiger charge is -2.33. The molecule has 5 heteroatoms. The highest BCUT2D eigenvalue weighted by Gasteiger charge is 2.35. The second-order valence-corrected chi connectivity index (χ2v) is 8.28. The molecule has 1 saturated heterocycles. The zero-order valence-corrected chi connectivity index (χ0v) is 15.9. The summed E-state index contributed by atoms with van der Waals surface area (Å²) < 4.78 is 2.33. The summed E-state index contributed by atoms with van der Waals surface area (Å²) in [6, 6.07) is 8.77. The van der Waals surface area contributed by atoms with Gasteiger partial charge >= 0.3 is 0 Å². The van der Waals surface area contributed by atoms with Crippen molar-refractivity contribution in [3.63, 3.8) is 0 Å². The van der Waals surface area contributed by atoms with E-state index in [4.69, 9.17) is 4.98 Å². The quantitative estimate of drug-likeness (QED) is 0.856. The van der Waals surface area contributed by atoms with Gasteiger partial charge in [-0.15, -0.1) is 0 Å². The third-order valence-electron chi connectivity index (χ3n) is 5.65. The highest BCUT2D eigenvalue weighted by molar-refractivity contribution is 5.81. The monoisotopic (exact) mass is 354 g/mol. The summed E-state index contributed by atoms with van der Waals surface area (Å²) in [6.45, 7) is 7.26. The summed E-state index contributed by atoms with van der Waals surface area (Å²) in [5.74, 6) is 2.37. The Labute approximate surface area is 155 Å². The van der Waals surface area contributed by atoms with Crippen LogP contribution in [0.1, 0.15) is 46.0 Å². The number of hydrogen-bond acceptors (Lipinski definition) is 3. The molecule has 1 aliphatic heterocycles. The Hall–Kier alpha value is -2.04. The van der Waals surface area contributed by atoms with Gasteiger partial charge in [0.2, 0.25) is 11.9 Å². The fraction of sp³-hybridized carbons (Fsp3) is 0.619. The molecule has 0 spiro atoms. The number of imidazole rings is 1. The van der Waals surface area contributed by atoms with Gasteiger partial charge in [0, 0.05) is 31.6 Å². The summed E-state index contributed by atoms with van der Waals surface area (Å²) in [5.41, 5.74) is 2.26. The highest BCUT2D eigenvalue weighted by atomic mass is 16.2. The van der Waals surface area contributed by atoms with Gasteiger partial charge < -0.3 is 14.8 Å². The zero-order chi connectivity index (χ0) is 18.1. The van der Waals surface area contributed by atoms with Gasteiger partial charge in [-0.1, -0.05) is 26.0 Å². The third kappa shape index (κ3) is 3.71. The predicted molar refractivity (Wildman–Crippen MR) is 105 cm³/mol. The highest BCUT2D eigenvalue weighted by Crippen LogP contribution is 2.32. The van der Waals surface area contributed by atoms with Crippen LogP contribution in [0.2, 0.25) is 0 Å². The zero-order valence-electron chi connectivity index (χ0n) is 15.9. The van der Waals surface area contributed by atoms with Gasteiger partial charge in [-0.25, -0.2) is 4.98 Å². The Balaban J connectivity index is 1.45. The molecule has 1 amide bonds. The average molecular weight is 354 g/mol. The number of carbonyl (C=O) groups excluding carboxylic acids is 1. The summed E-state index contributed by atoms with van der Waals surface area (Å²) in [4.78, 5) is 19.2. The minimum Gasteiger partial charge on any atom is -0.353 e. The van der Waals surface area contributed by atoms with Crippen molar-refractivity contribution >= 4 is 22.9 Å². The number of fused-ring (bicyclic) bond motifs is 1. The number of rotatable bonds is 6. The van der Waals surface area contributed by atoms with E-state index in [2.05, 4.69) is 46.8 Å². The van der Waals surface area contributed by atoms with E-state index >= 15 is 0 Å². The molecule has 2 heterocycles. The number of amides is 1. The van der Waals surface area contributed by atoms with Gasteiger partial charge in [0.25, 0.3) is 0 Å². The molecular formula is C21H30N4O. The molecule has 2 aliphatic rings. The van der Waals surface area contributed by atoms with Crippen molar-refractivity contribution in [2.75, 3.05) is 18.4 Å². The van der Waals surface area contributed by atoms with E-state index in [0.717, 1.165) is 63.2 Å². The minimum atomic E-state index is 0.333. The molecule has 2 aromatic rings. The maximum atomic E-state index is 12.2. The summed E-state index contributed by atoms with van der Waals surface area (Å²) in [7, 11) is 0. The third-order valence-corrected chi connectivity index (χ3v) is 5.65. The normalized spacial score (nSPS) is 18.7. The second kappa shape index (κ2) is 7.29. The number of aromatic nitrogens is 2. The van der Waals surface area contributed by atoms with Crippen LogP contribution in [0.5, 0.6) is 0 Å². The number of benzene rings is 1. The molecule has 140 valence electrons. The molecule has 0 bridgehead atoms. The number of anilines is 1. The Morgan fingerprint density at radius 2 is 1.92 bits per heavy atom. The summed E-state index contributed by atoms with van der Waals surface area (Å²) in [5, 5.41) is 3.68. The van der Waals surface area contributed by atoms with E-state index in [9.17, 15) is 4.79 Å². The Bertz CT molecular complexity index is 769. The molecule has 0 atom stereocenters. The van der Waals surface area contributed by atoms with Crippen LogP contribution in [-0.4, -0.2) is 39.5 Å². The minimum absolute atomic E-state index is 0.333. The van der Waals surface area contributed by atoms with E-state index in [1.54, 1.807) is 0 Å². The van der Waals surface area contributed by atoms with Crippen LogP contribution < -0.4 is 5.32 Å². The molecule has 4 rings (SSSR count). The number of carbonyl (C=O) groups is 1. The second-order valence-electron chi connectivity index (χ2n) is 8.28. The number of likely N-dealkylation sites (tertiary alicyclic amines) is 1. The standard InChI is InChI=1S/C21H30N4O/c1-15(2)9-14-25-19-6-4-3-5-18(19)23-21(25)22-17-10-12-24(13-11-17)20(26)16-7-8-16/h3-6,15-17H,7-14H2,1-2H3,(H,22,23). The molecule has 2 fully saturated rings. The molecule has 26 heavy (non-hydrogen) atoms. The van der Waals surface area contributed by atoms with Crippen LogP contribution in [0.4, 0.5) is 5.95 Å². The molecule has 1 N–H and O–H groups in total. The average Bonchev–Trinajstić information content (AvgIpc) is 3.43. The van der Waals surface area contributed by atoms with Crippen molar-refractivity contribution in [1.29, 1.82) is 0 Å². The van der Waals surface area contributed by atoms with E-state index in [0.29, 0.717) is 23.8 Å². The lowest BCUT2D eigenvalue weighted by Crippen LogP contribution is -2.43. The lowest BCUT2D eigenvalue weighted by atomic mass is 10.0. The predicted octanol–water partition coefficient (Wildman–Crippen LogP) is 3.90. The van der Waals surface area contributed by atoms with Crippen molar-refractivity contribution < 1.29 is 4.79 Å². The lowest BCUT2D eigenvalue weighted by molar-refractivity contribution is -0.133. The molecular weight excluding hydrogens is 324 g/mol. The van der Waals surface area contributed by atoms with Crippen molar-refractivity contribution in [2.24, 2.45) is 11.8 Å². The maximum Gasteiger partial charge on any atom is 0.225 e. The van der Waals surface area contributed by atoms with Gasteiger partial charge in [-0.3, -0.25) is 4.79 Å². The van der Waals surface area contributed by atoms with Crippen LogP contribution in [0.25, 0.3) is 11.0 Å². The molecule has 0 radical (unpaired) electrons. The Morgan fingerprint density at radius 3 is 2.62 bits per heavy atom. The Morgan fingerprint density at radius 1 is 1.19 bits per heavy atom. The van der Waals surface area contributed by atoms with Gasteiger partial charge in [-0.05, 0) is 50.2 Å². The van der Waals surface area contributed by atoms with Crippen molar-refractivity contribution in [2.45, 2.75) is 58.5 Å². The first kappa shape index (κ1) is 17.4. The van der Waals surface area contributed by atoms with Gasteiger partial charge in [0.1, 0.15) is 0 Å². The molecule has 1 aromatic heterocycles. The molecule has 1 saturated carbocycles. The van der Waals surface area contributed by atoms with Crippen molar-refractivity contribution in [3.8, 4) is 0 Å². The molecule has 0 unspecified atom stereocenters. The molecule has 5 nitrogen and oxygen atoms in total. The summed E-state index contributed by atoms with van der Waals surface area (Å²) >= 11 is 0. The first-order chi connectivity index (χ1) is 12.6. The summed E-state index contributed by atoms with van der Waals surface area (Å²) in [6.07, 6.45) is 5.34. The number of nitrogens with one attached hydrogen (secondary N) is 1. The van der Waals surface area contributed by atoms with Gasteiger partial charge in [-0.2, -0.15) is 0 Å². The fourth-order valence-electron chi connectivity index (χ4n) is 3.81. The van der Waals surface area contributed by atoms with Crippen LogP contribution >= 0.6 is 0 Å². The number of para-hydroxylation sites is 2. The smallest absolute Gasteiger partial charge is 0.225 e. The van der Waals surface area contributed by atoms with Gasteiger partial charge in [0.15, 0.2) is 0 Å². The molecule has 1 aromatic carbocycles. The number of piperidine rings is 1. The number of nitrogens with zero attached hydrogens (tertiary/aromatic N) is 3. The number of aryl methyl sites for hydroxylation is 1. The van der Waals surface area contributed by atoms with E-state index in [-0.39, 0.29) is 0 Å². The van der Waals surface area contributed by atoms with Crippen LogP contribution in [0, 0.1) is 11.8 Å². The van der Waals surface area contributed by atoms with Crippen LogP contribution in [0.3, 0.4) is 0 Å². The molecule has 1 aliphatic carbocycles. The topological polar surface area (TPSA) is 50.2 Å². The first-order valence-corrected chi connectivity index (χ1v) is 10.1. The van der Waals surface area contributed by atoms with E-state index in [1.165, 1.54) is 5.52 Å². The van der Waals surface area contributed by atoms with Crippen LogP contribution in [-0.2, 0) is 11.3 Å². The van der Waals surface area contributed by atoms with Gasteiger partial charge in [0.05, 0.1) is 11.0 Å². The van der Waals surface area contributed by atoms with Crippen molar-refractivity contribution in [3.05, 3.63) is 24.3 Å². The first-order valence-electron chi connectivity index (χ1n) is 10.1. The maximum absolute atomic E-state index is 12.2. The largest absolute Gasteiger partial charge is 0.353 e. The fourth-order valence-corrected chi connectivity index (χ4v) is 3.81. The SMILES string of the molecule is CC(C)CCn1c(NC2CCN(C(=O)C3CC3)CC2)nc2ccccc21. The number of hydrogen-bond donors (Lipinski definition) is 1. The van der Waals surface area contributed by atoms with E-state index in [1.807, 2.05) is 6.07 Å². The van der Waals surface area contributed by atoms with Crippen LogP contribution in [0.15, 0.2) is 24.3 Å².